The lowest BCUT2D eigenvalue weighted by Gasteiger charge is -2.36. The number of pyridine rings is 1. The summed E-state index contributed by atoms with van der Waals surface area (Å²) in [5.74, 6) is 0.710. The maximum atomic E-state index is 4.39. The van der Waals surface area contributed by atoms with Gasteiger partial charge in [0.2, 0.25) is 0 Å². The van der Waals surface area contributed by atoms with Crippen LogP contribution in [0.3, 0.4) is 0 Å². The second kappa shape index (κ2) is 3.31. The van der Waals surface area contributed by atoms with Crippen molar-refractivity contribution in [3.8, 4) is 0 Å². The van der Waals surface area contributed by atoms with Crippen LogP contribution in [-0.4, -0.2) is 30.0 Å². The Balaban J connectivity index is 1.99. The van der Waals surface area contributed by atoms with E-state index in [1.54, 1.807) is 0 Å². The van der Waals surface area contributed by atoms with Crippen molar-refractivity contribution in [2.75, 3.05) is 20.1 Å². The number of benzene rings is 1. The summed E-state index contributed by atoms with van der Waals surface area (Å²) < 4.78 is 0. The van der Waals surface area contributed by atoms with Crippen molar-refractivity contribution in [3.63, 3.8) is 0 Å². The molecule has 3 rings (SSSR count). The normalized spacial score (nSPS) is 17.9. The fourth-order valence-electron chi connectivity index (χ4n) is 2.25. The Morgan fingerprint density at radius 3 is 2.93 bits per heavy atom. The Morgan fingerprint density at radius 2 is 2.13 bits per heavy atom. The van der Waals surface area contributed by atoms with E-state index < -0.39 is 0 Å². The van der Waals surface area contributed by atoms with E-state index in [0.717, 1.165) is 5.52 Å². The number of likely N-dealkylation sites (N-methyl/N-ethyl adjacent to an activating group) is 1. The first-order chi connectivity index (χ1) is 7.33. The van der Waals surface area contributed by atoms with Gasteiger partial charge in [-0.15, -0.1) is 0 Å². The molecule has 1 aliphatic heterocycles. The van der Waals surface area contributed by atoms with Gasteiger partial charge >= 0.3 is 0 Å². The molecule has 2 nitrogen and oxygen atoms in total. The van der Waals surface area contributed by atoms with E-state index in [4.69, 9.17) is 0 Å². The summed E-state index contributed by atoms with van der Waals surface area (Å²) in [7, 11) is 2.16. The summed E-state index contributed by atoms with van der Waals surface area (Å²) in [6.07, 6.45) is 1.86. The van der Waals surface area contributed by atoms with Crippen LogP contribution in [0, 0.1) is 0 Å². The van der Waals surface area contributed by atoms with Crippen LogP contribution in [-0.2, 0) is 0 Å². The maximum absolute atomic E-state index is 4.39. The van der Waals surface area contributed by atoms with Gasteiger partial charge in [-0.2, -0.15) is 0 Å². The van der Waals surface area contributed by atoms with E-state index in [0.29, 0.717) is 5.92 Å². The van der Waals surface area contributed by atoms with Crippen LogP contribution >= 0.6 is 0 Å². The van der Waals surface area contributed by atoms with Gasteiger partial charge in [0.25, 0.3) is 0 Å². The molecule has 0 N–H and O–H groups in total. The van der Waals surface area contributed by atoms with Crippen molar-refractivity contribution in [2.45, 2.75) is 5.92 Å². The second-order valence-electron chi connectivity index (χ2n) is 4.37. The SMILES string of the molecule is CN1CC(c2ccc3cccnc3c2)C1. The highest BCUT2D eigenvalue weighted by Crippen LogP contribution is 2.27. The monoisotopic (exact) mass is 198 g/mol. The molecule has 0 aliphatic carbocycles. The van der Waals surface area contributed by atoms with E-state index in [-0.39, 0.29) is 0 Å². The molecule has 1 saturated heterocycles. The van der Waals surface area contributed by atoms with E-state index >= 15 is 0 Å². The average Bonchev–Trinajstić information content (AvgIpc) is 2.24. The van der Waals surface area contributed by atoms with Gasteiger partial charge in [-0.1, -0.05) is 18.2 Å². The minimum Gasteiger partial charge on any atom is -0.305 e. The van der Waals surface area contributed by atoms with Crippen LogP contribution < -0.4 is 0 Å². The zero-order chi connectivity index (χ0) is 10.3. The Labute approximate surface area is 89.5 Å². The molecule has 0 amide bonds. The Kier molecular flexibility index (Phi) is 1.96. The third kappa shape index (κ3) is 1.51. The molecule has 0 radical (unpaired) electrons. The van der Waals surface area contributed by atoms with Crippen molar-refractivity contribution in [1.82, 2.24) is 9.88 Å². The van der Waals surface area contributed by atoms with Gasteiger partial charge in [0.1, 0.15) is 0 Å². The minimum absolute atomic E-state index is 0.710. The summed E-state index contributed by atoms with van der Waals surface area (Å²) in [4.78, 5) is 6.73. The lowest BCUT2D eigenvalue weighted by atomic mass is 9.91. The zero-order valence-electron chi connectivity index (χ0n) is 8.85. The van der Waals surface area contributed by atoms with Crippen LogP contribution in [0.25, 0.3) is 10.9 Å². The standard InChI is InChI=1S/C13H14N2/c1-15-8-12(9-15)11-5-4-10-3-2-6-14-13(10)7-11/h2-7,12H,8-9H2,1H3. The van der Waals surface area contributed by atoms with Crippen LogP contribution in [0.4, 0.5) is 0 Å². The highest BCUT2D eigenvalue weighted by atomic mass is 15.2. The Bertz CT molecular complexity index is 487. The van der Waals surface area contributed by atoms with Crippen LogP contribution in [0.2, 0.25) is 0 Å². The molecule has 2 heteroatoms. The second-order valence-corrected chi connectivity index (χ2v) is 4.37. The first kappa shape index (κ1) is 8.86. The molecule has 0 atom stereocenters. The minimum atomic E-state index is 0.710. The highest BCUT2D eigenvalue weighted by Gasteiger charge is 2.24. The van der Waals surface area contributed by atoms with Gasteiger partial charge in [0.15, 0.2) is 0 Å². The van der Waals surface area contributed by atoms with Gasteiger partial charge in [0, 0.05) is 30.6 Å². The lowest BCUT2D eigenvalue weighted by molar-refractivity contribution is 0.190. The third-order valence-electron chi connectivity index (χ3n) is 3.17. The van der Waals surface area contributed by atoms with Crippen LogP contribution in [0.1, 0.15) is 11.5 Å². The van der Waals surface area contributed by atoms with E-state index in [1.165, 1.54) is 24.0 Å². The molecular formula is C13H14N2. The van der Waals surface area contributed by atoms with Crippen molar-refractivity contribution in [1.29, 1.82) is 0 Å². The molecule has 1 aromatic heterocycles. The molecule has 0 unspecified atom stereocenters. The fourth-order valence-corrected chi connectivity index (χ4v) is 2.25. The number of nitrogens with zero attached hydrogens (tertiary/aromatic N) is 2. The Hall–Kier alpha value is -1.41. The molecule has 1 aliphatic rings. The van der Waals surface area contributed by atoms with Crippen LogP contribution in [0.15, 0.2) is 36.5 Å². The molecule has 1 fully saturated rings. The molecular weight excluding hydrogens is 184 g/mol. The summed E-state index contributed by atoms with van der Waals surface area (Å²) in [6, 6.07) is 10.7. The maximum Gasteiger partial charge on any atom is 0.0704 e. The van der Waals surface area contributed by atoms with Crippen molar-refractivity contribution < 1.29 is 0 Å². The van der Waals surface area contributed by atoms with E-state index in [2.05, 4.69) is 41.2 Å². The summed E-state index contributed by atoms with van der Waals surface area (Å²) in [5.41, 5.74) is 2.55. The number of hydrogen-bond donors (Lipinski definition) is 0. The predicted octanol–water partition coefficient (Wildman–Crippen LogP) is 2.26. The summed E-state index contributed by atoms with van der Waals surface area (Å²) in [5, 5.41) is 1.23. The first-order valence-electron chi connectivity index (χ1n) is 5.36. The number of rotatable bonds is 1. The molecule has 2 heterocycles. The lowest BCUT2D eigenvalue weighted by Crippen LogP contribution is -2.41. The van der Waals surface area contributed by atoms with Gasteiger partial charge < -0.3 is 4.90 Å². The average molecular weight is 198 g/mol. The number of likely N-dealkylation sites (tertiary alicyclic amines) is 1. The van der Waals surface area contributed by atoms with Gasteiger partial charge in [-0.05, 0) is 24.7 Å². The highest BCUT2D eigenvalue weighted by molar-refractivity contribution is 5.79. The molecule has 2 aromatic rings. The van der Waals surface area contributed by atoms with E-state index in [9.17, 15) is 0 Å². The molecule has 0 spiro atoms. The largest absolute Gasteiger partial charge is 0.305 e. The first-order valence-corrected chi connectivity index (χ1v) is 5.36. The molecule has 0 bridgehead atoms. The van der Waals surface area contributed by atoms with Crippen molar-refractivity contribution in [3.05, 3.63) is 42.1 Å². The Morgan fingerprint density at radius 1 is 1.27 bits per heavy atom. The topological polar surface area (TPSA) is 16.1 Å². The van der Waals surface area contributed by atoms with E-state index in [1.807, 2.05) is 12.3 Å². The summed E-state index contributed by atoms with van der Waals surface area (Å²) in [6.45, 7) is 2.36. The van der Waals surface area contributed by atoms with Crippen LogP contribution in [0.5, 0.6) is 0 Å². The third-order valence-corrected chi connectivity index (χ3v) is 3.17. The number of fused-ring (bicyclic) bond motifs is 1. The smallest absolute Gasteiger partial charge is 0.0704 e. The molecule has 0 saturated carbocycles. The van der Waals surface area contributed by atoms with Crippen molar-refractivity contribution in [2.24, 2.45) is 0 Å². The fraction of sp³-hybridized carbons (Fsp3) is 0.308. The zero-order valence-corrected chi connectivity index (χ0v) is 8.85. The summed E-state index contributed by atoms with van der Waals surface area (Å²) >= 11 is 0. The van der Waals surface area contributed by atoms with Gasteiger partial charge in [-0.25, -0.2) is 0 Å². The van der Waals surface area contributed by atoms with Gasteiger partial charge in [0.05, 0.1) is 5.52 Å². The molecule has 76 valence electrons. The number of aromatic nitrogens is 1. The predicted molar refractivity (Wildman–Crippen MR) is 62.0 cm³/mol. The quantitative estimate of drug-likeness (QED) is 0.698. The molecule has 1 aromatic carbocycles. The van der Waals surface area contributed by atoms with Crippen molar-refractivity contribution >= 4 is 10.9 Å². The number of hydrogen-bond acceptors (Lipinski definition) is 2. The van der Waals surface area contributed by atoms with Gasteiger partial charge in [-0.3, -0.25) is 4.98 Å². The molecule has 15 heavy (non-hydrogen) atoms.